The number of rotatable bonds is 18. The highest BCUT2D eigenvalue weighted by Gasteiger charge is 2.25. The van der Waals surface area contributed by atoms with Gasteiger partial charge in [-0.2, -0.15) is 4.98 Å². The number of carbonyl (C=O) groups excluding carboxylic acids is 1. The van der Waals surface area contributed by atoms with Crippen LogP contribution in [0.2, 0.25) is 5.02 Å². The van der Waals surface area contributed by atoms with E-state index in [1.54, 1.807) is 56.6 Å². The molecule has 4 N–H and O–H groups in total. The van der Waals surface area contributed by atoms with E-state index in [1.807, 2.05) is 36.4 Å². The number of hydrogen-bond acceptors (Lipinski definition) is 15. The van der Waals surface area contributed by atoms with E-state index in [0.29, 0.717) is 24.7 Å². The Hall–Kier alpha value is -5.82. The Balaban J connectivity index is 0.700. The lowest BCUT2D eigenvalue weighted by atomic mass is 10.0. The molecule has 19 heteroatoms. The molecule has 5 heterocycles. The van der Waals surface area contributed by atoms with Crippen LogP contribution in [0.25, 0.3) is 0 Å². The van der Waals surface area contributed by atoms with E-state index in [2.05, 4.69) is 65.7 Å². The zero-order valence-corrected chi connectivity index (χ0v) is 39.8. The Bertz CT molecular complexity index is 2540. The van der Waals surface area contributed by atoms with E-state index in [4.69, 9.17) is 11.6 Å². The van der Waals surface area contributed by atoms with E-state index in [1.165, 1.54) is 12.3 Å². The number of para-hydroxylation sites is 1. The van der Waals surface area contributed by atoms with Crippen molar-refractivity contribution in [1.82, 2.24) is 35.1 Å². The third kappa shape index (κ3) is 12.8. The van der Waals surface area contributed by atoms with Crippen molar-refractivity contribution in [2.75, 3.05) is 116 Å². The zero-order chi connectivity index (χ0) is 46.8. The third-order valence-corrected chi connectivity index (χ3v) is 15.0. The highest BCUT2D eigenvalue weighted by Crippen LogP contribution is 2.31. The van der Waals surface area contributed by atoms with E-state index >= 15 is 0 Å². The van der Waals surface area contributed by atoms with Crippen molar-refractivity contribution in [3.63, 3.8) is 0 Å². The fourth-order valence-electron chi connectivity index (χ4n) is 8.72. The minimum Gasteiger partial charge on any atom is -0.369 e. The van der Waals surface area contributed by atoms with Crippen LogP contribution in [-0.2, 0) is 14.6 Å². The molecule has 0 radical (unpaired) electrons. The number of piperazine rings is 2. The van der Waals surface area contributed by atoms with Gasteiger partial charge in [0.25, 0.3) is 0 Å². The number of sulfone groups is 1. The maximum absolute atomic E-state index is 13.8. The first-order chi connectivity index (χ1) is 32.5. The lowest BCUT2D eigenvalue weighted by Gasteiger charge is -2.36. The van der Waals surface area contributed by atoms with Gasteiger partial charge >= 0.3 is 0 Å². The zero-order valence-electron chi connectivity index (χ0n) is 38.2. The van der Waals surface area contributed by atoms with Gasteiger partial charge in [0, 0.05) is 101 Å². The van der Waals surface area contributed by atoms with Gasteiger partial charge in [-0.15, -0.1) is 0 Å². The number of carbonyl (C=O) groups is 1. The first kappa shape index (κ1) is 47.7. The molecule has 2 aromatic heterocycles. The lowest BCUT2D eigenvalue weighted by Crippen LogP contribution is -2.49. The average molecular weight is 955 g/mol. The summed E-state index contributed by atoms with van der Waals surface area (Å²) in [6.45, 7) is 14.0. The number of halogens is 2. The number of unbranched alkanes of at least 4 members (excludes halogenated alkanes) is 1. The summed E-state index contributed by atoms with van der Waals surface area (Å²) in [7, 11) is -3.54. The summed E-state index contributed by atoms with van der Waals surface area (Å²) < 4.78 is 39.8. The average Bonchev–Trinajstić information content (AvgIpc) is 3.33. The van der Waals surface area contributed by atoms with Crippen molar-refractivity contribution in [3.05, 3.63) is 102 Å². The fraction of sp³-hybridized carbons (Fsp3) is 0.438. The van der Waals surface area contributed by atoms with E-state index in [9.17, 15) is 17.6 Å². The largest absolute Gasteiger partial charge is 0.369 e. The summed E-state index contributed by atoms with van der Waals surface area (Å²) in [6, 6.07) is 23.8. The summed E-state index contributed by atoms with van der Waals surface area (Å²) in [5.74, 6) is 2.20. The number of nitrogens with one attached hydrogen (secondary N) is 4. The van der Waals surface area contributed by atoms with Crippen molar-refractivity contribution < 1.29 is 17.6 Å². The number of piperidine rings is 1. The third-order valence-electron chi connectivity index (χ3n) is 12.6. The molecule has 3 aliphatic heterocycles. The van der Waals surface area contributed by atoms with Crippen molar-refractivity contribution in [2.24, 2.45) is 0 Å². The van der Waals surface area contributed by atoms with Gasteiger partial charge in [-0.3, -0.25) is 14.6 Å². The number of anilines is 8. The molecule has 3 aliphatic rings. The summed E-state index contributed by atoms with van der Waals surface area (Å²) in [5, 5.41) is 12.7. The van der Waals surface area contributed by atoms with Gasteiger partial charge in [-0.25, -0.2) is 27.8 Å². The summed E-state index contributed by atoms with van der Waals surface area (Å²) in [5.41, 5.74) is 3.17. The first-order valence-electron chi connectivity index (χ1n) is 23.3. The minimum absolute atomic E-state index is 0.0659. The molecular weight excluding hydrogens is 893 g/mol. The van der Waals surface area contributed by atoms with E-state index in [0.717, 1.165) is 126 Å². The number of aromatic nitrogens is 4. The van der Waals surface area contributed by atoms with E-state index in [-0.39, 0.29) is 33.5 Å². The number of hydrogen-bond donors (Lipinski definition) is 4. The van der Waals surface area contributed by atoms with Crippen LogP contribution in [-0.4, -0.2) is 140 Å². The fourth-order valence-corrected chi connectivity index (χ4v) is 10.1. The van der Waals surface area contributed by atoms with Gasteiger partial charge in [-0.1, -0.05) is 29.8 Å². The Morgan fingerprint density at radius 2 is 1.57 bits per heavy atom. The molecule has 3 aromatic carbocycles. The van der Waals surface area contributed by atoms with Gasteiger partial charge < -0.3 is 36.0 Å². The van der Waals surface area contributed by atoms with E-state index < -0.39 is 15.1 Å². The molecule has 3 saturated heterocycles. The van der Waals surface area contributed by atoms with Crippen LogP contribution in [0.1, 0.15) is 39.5 Å². The standard InChI is InChI=1S/C48H61ClFN13O3S/c1-35(2)67(65,66)43-13-4-3-12-42(43)57-47-41(49)31-52-48(58-47)56-37-14-16-39(17-15-37)61-25-23-60(24-26-61)33-46(64)51-18-5-6-19-59-21-27-62(28-22-59)45-30-44(53-34-54-45)55-38-10-8-20-63(32-38)40-11-7-9-36(50)29-40/h3-4,7,9,11-17,29-31,34-35,38H,5-6,8,10,18-28,32-33H2,1-2H3,(H,51,64)(H,53,54,55)(H2,52,56,57,58)/t38-/m1/s1. The van der Waals surface area contributed by atoms with Crippen LogP contribution in [0.3, 0.4) is 0 Å². The molecular formula is C48H61ClFN13O3S. The molecule has 5 aromatic rings. The molecule has 0 bridgehead atoms. The highest BCUT2D eigenvalue weighted by molar-refractivity contribution is 7.92. The Morgan fingerprint density at radius 3 is 2.34 bits per heavy atom. The van der Waals surface area contributed by atoms with Crippen molar-refractivity contribution >= 4 is 73.5 Å². The second-order valence-corrected chi connectivity index (χ2v) is 20.5. The van der Waals surface area contributed by atoms with Crippen LogP contribution in [0.15, 0.2) is 96.3 Å². The maximum Gasteiger partial charge on any atom is 0.234 e. The molecule has 16 nitrogen and oxygen atoms in total. The van der Waals surface area contributed by atoms with Gasteiger partial charge in [-0.05, 0) is 101 Å². The topological polar surface area (TPSA) is 167 Å². The quantitative estimate of drug-likeness (QED) is 0.0690. The first-order valence-corrected chi connectivity index (χ1v) is 25.2. The van der Waals surface area contributed by atoms with Gasteiger partial charge in [0.15, 0.2) is 15.7 Å². The molecule has 1 atom stereocenters. The molecule has 356 valence electrons. The smallest absolute Gasteiger partial charge is 0.234 e. The molecule has 0 spiro atoms. The molecule has 0 saturated carbocycles. The van der Waals surface area contributed by atoms with Crippen LogP contribution in [0.4, 0.5) is 50.5 Å². The molecule has 1 amide bonds. The normalized spacial score (nSPS) is 17.4. The summed E-state index contributed by atoms with van der Waals surface area (Å²) >= 11 is 6.42. The van der Waals surface area contributed by atoms with Gasteiger partial charge in [0.2, 0.25) is 11.9 Å². The number of nitrogens with zero attached hydrogens (tertiary/aromatic N) is 9. The molecule has 0 unspecified atom stereocenters. The Kier molecular flexibility index (Phi) is 15.9. The highest BCUT2D eigenvalue weighted by atomic mass is 35.5. The van der Waals surface area contributed by atoms with Crippen molar-refractivity contribution in [3.8, 4) is 0 Å². The van der Waals surface area contributed by atoms with Crippen molar-refractivity contribution in [2.45, 2.75) is 55.7 Å². The molecule has 0 aliphatic carbocycles. The Morgan fingerprint density at radius 1 is 0.806 bits per heavy atom. The predicted molar refractivity (Wildman–Crippen MR) is 266 cm³/mol. The van der Waals surface area contributed by atoms with Crippen LogP contribution in [0, 0.1) is 5.82 Å². The van der Waals surface area contributed by atoms with Crippen molar-refractivity contribution in [1.29, 1.82) is 0 Å². The van der Waals surface area contributed by atoms with Crippen LogP contribution < -0.4 is 36.0 Å². The second kappa shape index (κ2) is 22.3. The monoisotopic (exact) mass is 953 g/mol. The molecule has 3 fully saturated rings. The summed E-state index contributed by atoms with van der Waals surface area (Å²) in [4.78, 5) is 42.5. The molecule has 67 heavy (non-hydrogen) atoms. The van der Waals surface area contributed by atoms with Gasteiger partial charge in [0.05, 0.1) is 28.6 Å². The Labute approximate surface area is 398 Å². The summed E-state index contributed by atoms with van der Waals surface area (Å²) in [6.07, 6.45) is 7.13. The molecule has 8 rings (SSSR count). The van der Waals surface area contributed by atoms with Crippen LogP contribution in [0.5, 0.6) is 0 Å². The maximum atomic E-state index is 13.8. The number of amides is 1. The predicted octanol–water partition coefficient (Wildman–Crippen LogP) is 6.65. The number of benzene rings is 3. The SMILES string of the molecule is CC(C)S(=O)(=O)c1ccccc1Nc1nc(Nc2ccc(N3CCN(CC(=O)NCCCCN4CCN(c5cc(N[C@@H]6CCCN(c7cccc(F)c7)C6)ncn5)CC4)CC3)cc2)ncc1Cl. The van der Waals surface area contributed by atoms with Gasteiger partial charge in [0.1, 0.15) is 28.8 Å². The lowest BCUT2D eigenvalue weighted by molar-refractivity contribution is -0.122. The second-order valence-electron chi connectivity index (χ2n) is 17.6. The minimum atomic E-state index is -3.54. The van der Waals surface area contributed by atoms with Crippen LogP contribution >= 0.6 is 11.6 Å².